The van der Waals surface area contributed by atoms with Crippen LogP contribution in [0.2, 0.25) is 5.02 Å². The number of hydrazine groups is 1. The number of amides is 1. The monoisotopic (exact) mass is 469 g/mol. The molecular weight excluding hydrogens is 454 g/mol. The Balaban J connectivity index is 2.13. The second kappa shape index (κ2) is 10.1. The number of methoxy groups -OCH3 is 1. The fourth-order valence-corrected chi connectivity index (χ4v) is 2.89. The SMILES string of the molecule is COc1cc(/C=C/C(=O)NNC(N)=S)cc(Br)c1OCc1ccccc1Cl. The summed E-state index contributed by atoms with van der Waals surface area (Å²) >= 11 is 14.2. The van der Waals surface area contributed by atoms with Crippen molar-refractivity contribution in [3.8, 4) is 11.5 Å². The molecule has 6 nitrogen and oxygen atoms in total. The Labute approximate surface area is 175 Å². The van der Waals surface area contributed by atoms with Crippen molar-refractivity contribution in [2.24, 2.45) is 5.73 Å². The number of thiocarbonyl (C=S) groups is 1. The normalized spacial score (nSPS) is 10.5. The summed E-state index contributed by atoms with van der Waals surface area (Å²) in [5.41, 5.74) is 11.5. The zero-order valence-electron chi connectivity index (χ0n) is 14.3. The molecule has 0 unspecified atom stereocenters. The number of nitrogens with two attached hydrogens (primary N) is 1. The first kappa shape index (κ1) is 21.0. The van der Waals surface area contributed by atoms with Gasteiger partial charge in [-0.15, -0.1) is 0 Å². The van der Waals surface area contributed by atoms with E-state index in [0.717, 1.165) is 11.1 Å². The molecule has 0 fully saturated rings. The lowest BCUT2D eigenvalue weighted by Gasteiger charge is -2.14. The minimum Gasteiger partial charge on any atom is -0.493 e. The van der Waals surface area contributed by atoms with Gasteiger partial charge in [-0.05, 0) is 58.0 Å². The molecule has 2 rings (SSSR count). The molecule has 142 valence electrons. The first-order valence-electron chi connectivity index (χ1n) is 7.68. The molecule has 0 aliphatic rings. The van der Waals surface area contributed by atoms with Crippen LogP contribution in [0.4, 0.5) is 0 Å². The topological polar surface area (TPSA) is 85.6 Å². The molecule has 9 heteroatoms. The highest BCUT2D eigenvalue weighted by Crippen LogP contribution is 2.37. The predicted octanol–water partition coefficient (Wildman–Crippen LogP) is 3.57. The van der Waals surface area contributed by atoms with Crippen molar-refractivity contribution >= 4 is 56.8 Å². The molecule has 0 aliphatic heterocycles. The van der Waals surface area contributed by atoms with Crippen molar-refractivity contribution in [3.63, 3.8) is 0 Å². The fraction of sp³-hybridized carbons (Fsp3) is 0.111. The summed E-state index contributed by atoms with van der Waals surface area (Å²) in [7, 11) is 1.54. The van der Waals surface area contributed by atoms with Gasteiger partial charge in [0.15, 0.2) is 16.6 Å². The fourth-order valence-electron chi connectivity index (χ4n) is 2.08. The number of ether oxygens (including phenoxy) is 2. The zero-order chi connectivity index (χ0) is 19.8. The predicted molar refractivity (Wildman–Crippen MR) is 114 cm³/mol. The van der Waals surface area contributed by atoms with Crippen molar-refractivity contribution in [1.29, 1.82) is 0 Å². The third-order valence-corrected chi connectivity index (χ3v) is 4.38. The van der Waals surface area contributed by atoms with E-state index in [9.17, 15) is 4.79 Å². The summed E-state index contributed by atoms with van der Waals surface area (Å²) in [5.74, 6) is 0.642. The molecule has 4 N–H and O–H groups in total. The number of hydrogen-bond acceptors (Lipinski definition) is 4. The van der Waals surface area contributed by atoms with E-state index in [1.165, 1.54) is 13.2 Å². The Hall–Kier alpha value is -2.29. The molecule has 0 saturated heterocycles. The standard InChI is InChI=1S/C18H17BrClN3O3S/c1-25-15-9-11(6-7-16(24)22-23-18(21)27)8-13(19)17(15)26-10-12-4-2-3-5-14(12)20/h2-9H,10H2,1H3,(H,22,24)(H3,21,23,27)/b7-6+. The molecule has 2 aromatic carbocycles. The van der Waals surface area contributed by atoms with Crippen molar-refractivity contribution < 1.29 is 14.3 Å². The minimum absolute atomic E-state index is 0.0267. The van der Waals surface area contributed by atoms with Gasteiger partial charge in [-0.1, -0.05) is 29.8 Å². The largest absolute Gasteiger partial charge is 0.493 e. The van der Waals surface area contributed by atoms with Crippen molar-refractivity contribution in [2.75, 3.05) is 7.11 Å². The van der Waals surface area contributed by atoms with Crippen LogP contribution in [-0.2, 0) is 11.4 Å². The van der Waals surface area contributed by atoms with Crippen LogP contribution in [0.15, 0.2) is 46.9 Å². The highest BCUT2D eigenvalue weighted by molar-refractivity contribution is 9.10. The highest BCUT2D eigenvalue weighted by Gasteiger charge is 2.12. The van der Waals surface area contributed by atoms with Gasteiger partial charge in [0.25, 0.3) is 5.91 Å². The van der Waals surface area contributed by atoms with Crippen LogP contribution >= 0.6 is 39.7 Å². The van der Waals surface area contributed by atoms with Crippen LogP contribution in [0.3, 0.4) is 0 Å². The van der Waals surface area contributed by atoms with Gasteiger partial charge in [0, 0.05) is 16.7 Å². The van der Waals surface area contributed by atoms with Crippen LogP contribution in [0.25, 0.3) is 6.08 Å². The Kier molecular flexibility index (Phi) is 7.90. The summed E-state index contributed by atoms with van der Waals surface area (Å²) < 4.78 is 12.0. The molecule has 27 heavy (non-hydrogen) atoms. The van der Waals surface area contributed by atoms with Crippen LogP contribution in [-0.4, -0.2) is 18.1 Å². The summed E-state index contributed by atoms with van der Waals surface area (Å²) in [6, 6.07) is 11.0. The van der Waals surface area contributed by atoms with E-state index in [1.807, 2.05) is 18.2 Å². The summed E-state index contributed by atoms with van der Waals surface area (Å²) in [6.07, 6.45) is 2.94. The number of hydrogen-bond donors (Lipinski definition) is 3. The highest BCUT2D eigenvalue weighted by atomic mass is 79.9. The third kappa shape index (κ3) is 6.42. The lowest BCUT2D eigenvalue weighted by atomic mass is 10.2. The van der Waals surface area contributed by atoms with Crippen molar-refractivity contribution in [1.82, 2.24) is 10.9 Å². The van der Waals surface area contributed by atoms with E-state index in [4.69, 9.17) is 26.8 Å². The van der Waals surface area contributed by atoms with E-state index in [-0.39, 0.29) is 11.7 Å². The van der Waals surface area contributed by atoms with Gasteiger partial charge in [0.2, 0.25) is 0 Å². The second-order valence-corrected chi connectivity index (χ2v) is 6.93. The van der Waals surface area contributed by atoms with E-state index in [2.05, 4.69) is 39.0 Å². The number of benzene rings is 2. The molecule has 2 aromatic rings. The van der Waals surface area contributed by atoms with Gasteiger partial charge in [-0.25, -0.2) is 0 Å². The number of rotatable bonds is 6. The third-order valence-electron chi connectivity index (χ3n) is 3.32. The van der Waals surface area contributed by atoms with Crippen LogP contribution in [0.1, 0.15) is 11.1 Å². The van der Waals surface area contributed by atoms with E-state index < -0.39 is 5.91 Å². The number of nitrogens with one attached hydrogen (secondary N) is 2. The van der Waals surface area contributed by atoms with Crippen LogP contribution in [0.5, 0.6) is 11.5 Å². The molecule has 0 radical (unpaired) electrons. The van der Waals surface area contributed by atoms with Gasteiger partial charge in [0.05, 0.1) is 11.6 Å². The Morgan fingerprint density at radius 2 is 2.07 bits per heavy atom. The summed E-state index contributed by atoms with van der Waals surface area (Å²) in [4.78, 5) is 11.7. The molecule has 1 amide bonds. The molecule has 0 bridgehead atoms. The second-order valence-electron chi connectivity index (χ2n) is 5.23. The molecule has 0 atom stereocenters. The molecule has 0 aromatic heterocycles. The molecule has 0 saturated carbocycles. The molecule has 0 spiro atoms. The van der Waals surface area contributed by atoms with Gasteiger partial charge in [-0.2, -0.15) is 0 Å². The number of halogens is 2. The maximum atomic E-state index is 11.7. The first-order valence-corrected chi connectivity index (χ1v) is 9.26. The quantitative estimate of drug-likeness (QED) is 0.340. The summed E-state index contributed by atoms with van der Waals surface area (Å²) in [5, 5.41) is 0.602. The van der Waals surface area contributed by atoms with Gasteiger partial charge >= 0.3 is 0 Å². The van der Waals surface area contributed by atoms with Crippen LogP contribution < -0.4 is 26.1 Å². The maximum Gasteiger partial charge on any atom is 0.262 e. The maximum absolute atomic E-state index is 11.7. The van der Waals surface area contributed by atoms with Gasteiger partial charge in [-0.3, -0.25) is 15.6 Å². The van der Waals surface area contributed by atoms with E-state index in [0.29, 0.717) is 21.0 Å². The molecule has 0 aliphatic carbocycles. The molecular formula is C18H17BrClN3O3S. The summed E-state index contributed by atoms with van der Waals surface area (Å²) in [6.45, 7) is 0.289. The van der Waals surface area contributed by atoms with Gasteiger partial charge < -0.3 is 15.2 Å². The zero-order valence-corrected chi connectivity index (χ0v) is 17.5. The van der Waals surface area contributed by atoms with Crippen molar-refractivity contribution in [3.05, 3.63) is 63.1 Å². The lowest BCUT2D eigenvalue weighted by Crippen LogP contribution is -2.43. The Morgan fingerprint density at radius 3 is 2.74 bits per heavy atom. The number of carbonyl (C=O) groups excluding carboxylic acids is 1. The average molecular weight is 471 g/mol. The average Bonchev–Trinajstić information content (AvgIpc) is 2.64. The number of carbonyl (C=O) groups is 1. The van der Waals surface area contributed by atoms with Gasteiger partial charge in [0.1, 0.15) is 6.61 Å². The van der Waals surface area contributed by atoms with E-state index >= 15 is 0 Å². The first-order chi connectivity index (χ1) is 12.9. The minimum atomic E-state index is -0.406. The van der Waals surface area contributed by atoms with E-state index in [1.54, 1.807) is 24.3 Å². The smallest absolute Gasteiger partial charge is 0.262 e. The lowest BCUT2D eigenvalue weighted by molar-refractivity contribution is -0.116. The molecule has 0 heterocycles. The van der Waals surface area contributed by atoms with Crippen LogP contribution in [0, 0.1) is 0 Å². The Bertz CT molecular complexity index is 877. The van der Waals surface area contributed by atoms with Crippen molar-refractivity contribution in [2.45, 2.75) is 6.61 Å². The Morgan fingerprint density at radius 1 is 1.33 bits per heavy atom.